The number of rotatable bonds is 6. The summed E-state index contributed by atoms with van der Waals surface area (Å²) in [6.45, 7) is 3.51. The minimum absolute atomic E-state index is 0.413. The van der Waals surface area contributed by atoms with Crippen molar-refractivity contribution in [2.75, 3.05) is 24.5 Å². The number of nitrogens with one attached hydrogen (secondary N) is 1. The quantitative estimate of drug-likeness (QED) is 0.274. The highest BCUT2D eigenvalue weighted by atomic mass is 16.4. The van der Waals surface area contributed by atoms with Gasteiger partial charge in [-0.2, -0.15) is 0 Å². The van der Waals surface area contributed by atoms with Gasteiger partial charge in [0.2, 0.25) is 0 Å². The maximum absolute atomic E-state index is 10.1. The van der Waals surface area contributed by atoms with Crippen molar-refractivity contribution in [2.24, 2.45) is 0 Å². The summed E-state index contributed by atoms with van der Waals surface area (Å²) in [4.78, 5) is 26.8. The topological polar surface area (TPSA) is 184 Å². The molecule has 2 aliphatic heterocycles. The molecule has 0 aliphatic carbocycles. The van der Waals surface area contributed by atoms with Crippen molar-refractivity contribution in [3.05, 3.63) is 24.5 Å². The van der Waals surface area contributed by atoms with Crippen LogP contribution in [0, 0.1) is 0 Å². The molecule has 1 spiro atoms. The van der Waals surface area contributed by atoms with Crippen LogP contribution in [0.5, 0.6) is 0 Å². The van der Waals surface area contributed by atoms with Gasteiger partial charge in [0.15, 0.2) is 12.2 Å². The Morgan fingerprint density at radius 3 is 2.14 bits per heavy atom. The molecule has 11 nitrogen and oxygen atoms in total. The smallest absolute Gasteiger partial charge is 0.335 e. The van der Waals surface area contributed by atoms with E-state index in [0.717, 1.165) is 6.54 Å². The predicted molar refractivity (Wildman–Crippen MR) is 100 cm³/mol. The second-order valence-electron chi connectivity index (χ2n) is 7.24. The molecule has 2 aliphatic rings. The molecule has 3 rings (SSSR count). The molecule has 2 fully saturated rings. The largest absolute Gasteiger partial charge is 0.479 e. The molecule has 0 radical (unpaired) electrons. The van der Waals surface area contributed by atoms with E-state index in [1.54, 1.807) is 0 Å². The second kappa shape index (κ2) is 9.94. The highest BCUT2D eigenvalue weighted by molar-refractivity contribution is 5.75. The third-order valence-electron chi connectivity index (χ3n) is 5.20. The van der Waals surface area contributed by atoms with Crippen molar-refractivity contribution in [3.8, 4) is 0 Å². The molecular weight excluding hydrogens is 386 g/mol. The van der Waals surface area contributed by atoms with Crippen molar-refractivity contribution < 1.29 is 40.2 Å². The molecule has 7 N–H and O–H groups in total. The van der Waals surface area contributed by atoms with Crippen LogP contribution in [0.15, 0.2) is 24.5 Å². The zero-order valence-corrected chi connectivity index (χ0v) is 15.8. The molecule has 29 heavy (non-hydrogen) atoms. The number of aromatic nitrogens is 1. The minimum Gasteiger partial charge on any atom is -0.479 e. The van der Waals surface area contributed by atoms with Gasteiger partial charge >= 0.3 is 11.9 Å². The number of aliphatic carboxylic acids is 2. The number of hydrogen-bond acceptors (Lipinski definition) is 9. The summed E-state index contributed by atoms with van der Waals surface area (Å²) < 4.78 is 0. The lowest BCUT2D eigenvalue weighted by atomic mass is 9.97. The van der Waals surface area contributed by atoms with Gasteiger partial charge in [0.05, 0.1) is 11.9 Å². The molecule has 162 valence electrons. The van der Waals surface area contributed by atoms with Gasteiger partial charge in [-0.15, -0.1) is 0 Å². The van der Waals surface area contributed by atoms with E-state index in [0.29, 0.717) is 5.54 Å². The van der Waals surface area contributed by atoms with Crippen LogP contribution in [-0.4, -0.2) is 97.2 Å². The molecule has 3 heterocycles. The summed E-state index contributed by atoms with van der Waals surface area (Å²) in [6.07, 6.45) is -1.53. The summed E-state index contributed by atoms with van der Waals surface area (Å²) in [5, 5.41) is 55.1. The lowest BCUT2D eigenvalue weighted by Crippen LogP contribution is -2.49. The third-order valence-corrected chi connectivity index (χ3v) is 5.20. The normalized spacial score (nSPS) is 25.0. The van der Waals surface area contributed by atoms with E-state index in [2.05, 4.69) is 21.3 Å². The van der Waals surface area contributed by atoms with Crippen LogP contribution in [0.4, 0.5) is 5.69 Å². The molecule has 0 saturated carbocycles. The number of aliphatic hydroxyl groups excluding tert-OH is 4. The number of aliphatic hydroxyl groups is 4. The standard InChI is InChI=1S/C12H17N3.C6H10O8/c1-3-11(9-13-6-1)15-8-5-12(10-15)4-2-7-14-12;7-1(3(9)5(11)12)2(8)4(10)6(13)14/h1,3,6,9,14H,2,4-5,7-8,10H2;1-4,7-10H,(H,11,12)(H,13,14)/t12-;1-,2+,3+,4-/m1./s1. The molecule has 0 aromatic carbocycles. The lowest BCUT2D eigenvalue weighted by Gasteiger charge is -2.25. The van der Waals surface area contributed by atoms with Crippen LogP contribution in [0.1, 0.15) is 19.3 Å². The first-order chi connectivity index (χ1) is 13.7. The van der Waals surface area contributed by atoms with E-state index in [1.807, 2.05) is 18.5 Å². The van der Waals surface area contributed by atoms with Crippen molar-refractivity contribution in [3.63, 3.8) is 0 Å². The van der Waals surface area contributed by atoms with Gasteiger partial charge in [-0.1, -0.05) is 0 Å². The van der Waals surface area contributed by atoms with Crippen LogP contribution in [0.2, 0.25) is 0 Å². The first-order valence-electron chi connectivity index (χ1n) is 9.25. The van der Waals surface area contributed by atoms with Gasteiger partial charge in [0.1, 0.15) is 12.2 Å². The van der Waals surface area contributed by atoms with E-state index in [1.165, 1.54) is 38.0 Å². The van der Waals surface area contributed by atoms with Gasteiger partial charge < -0.3 is 40.9 Å². The summed E-state index contributed by atoms with van der Waals surface area (Å²) in [5.74, 6) is -3.68. The Hall–Kier alpha value is -2.31. The average molecular weight is 413 g/mol. The minimum atomic E-state index is -2.36. The van der Waals surface area contributed by atoms with Crippen molar-refractivity contribution >= 4 is 17.6 Å². The first-order valence-corrected chi connectivity index (χ1v) is 9.25. The highest BCUT2D eigenvalue weighted by Crippen LogP contribution is 2.32. The van der Waals surface area contributed by atoms with Gasteiger partial charge in [-0.3, -0.25) is 4.98 Å². The number of pyridine rings is 1. The summed E-state index contributed by atoms with van der Waals surface area (Å²) in [5.41, 5.74) is 1.68. The molecule has 0 bridgehead atoms. The monoisotopic (exact) mass is 413 g/mol. The van der Waals surface area contributed by atoms with Crippen LogP contribution < -0.4 is 10.2 Å². The van der Waals surface area contributed by atoms with Crippen molar-refractivity contribution in [1.82, 2.24) is 10.3 Å². The molecule has 5 atom stereocenters. The van der Waals surface area contributed by atoms with Crippen molar-refractivity contribution in [2.45, 2.75) is 49.2 Å². The molecule has 11 heteroatoms. The number of anilines is 1. The van der Waals surface area contributed by atoms with Crippen LogP contribution in [0.3, 0.4) is 0 Å². The number of carboxylic acids is 2. The second-order valence-corrected chi connectivity index (χ2v) is 7.24. The number of hydrogen-bond donors (Lipinski definition) is 7. The summed E-state index contributed by atoms with van der Waals surface area (Å²) >= 11 is 0. The van der Waals surface area contributed by atoms with E-state index >= 15 is 0 Å². The first kappa shape index (κ1) is 23.0. The number of carboxylic acid groups (broad SMARTS) is 2. The maximum atomic E-state index is 10.1. The van der Waals surface area contributed by atoms with Gasteiger partial charge in [0.25, 0.3) is 0 Å². The SMILES string of the molecule is O=C(O)[C@@H](O)[C@H](O)[C@H](O)[C@@H](O)C(=O)O.c1cncc(N2CC[C@]3(CCCN3)C2)c1. The Bertz CT molecular complexity index is 659. The Balaban J connectivity index is 0.000000208. The summed E-state index contributed by atoms with van der Waals surface area (Å²) in [7, 11) is 0. The highest BCUT2D eigenvalue weighted by Gasteiger charge is 2.40. The molecule has 1 aromatic rings. The Labute approximate surface area is 167 Å². The third kappa shape index (κ3) is 5.84. The summed E-state index contributed by atoms with van der Waals surface area (Å²) in [6, 6.07) is 4.17. The van der Waals surface area contributed by atoms with Crippen LogP contribution >= 0.6 is 0 Å². The molecule has 1 aromatic heterocycles. The fourth-order valence-corrected chi connectivity index (χ4v) is 3.52. The number of nitrogens with zero attached hydrogens (tertiary/aromatic N) is 2. The van der Waals surface area contributed by atoms with E-state index in [4.69, 9.17) is 30.6 Å². The zero-order valence-electron chi connectivity index (χ0n) is 15.8. The molecule has 0 amide bonds. The Kier molecular flexibility index (Phi) is 7.88. The average Bonchev–Trinajstić information content (AvgIpc) is 3.36. The molecule has 2 saturated heterocycles. The zero-order chi connectivity index (χ0) is 21.6. The van der Waals surface area contributed by atoms with Gasteiger partial charge in [-0.25, -0.2) is 9.59 Å². The van der Waals surface area contributed by atoms with Gasteiger partial charge in [-0.05, 0) is 37.9 Å². The number of carbonyl (C=O) groups is 2. The Morgan fingerprint density at radius 2 is 1.69 bits per heavy atom. The molecular formula is C18H27N3O8. The predicted octanol–water partition coefficient (Wildman–Crippen LogP) is -1.99. The van der Waals surface area contributed by atoms with Crippen LogP contribution in [0.25, 0.3) is 0 Å². The van der Waals surface area contributed by atoms with Gasteiger partial charge in [0, 0.05) is 24.8 Å². The van der Waals surface area contributed by atoms with E-state index in [-0.39, 0.29) is 0 Å². The lowest BCUT2D eigenvalue weighted by molar-refractivity contribution is -0.172. The van der Waals surface area contributed by atoms with Crippen LogP contribution in [-0.2, 0) is 9.59 Å². The van der Waals surface area contributed by atoms with Crippen molar-refractivity contribution in [1.29, 1.82) is 0 Å². The fourth-order valence-electron chi connectivity index (χ4n) is 3.52. The van der Waals surface area contributed by atoms with E-state index < -0.39 is 36.4 Å². The Morgan fingerprint density at radius 1 is 1.07 bits per heavy atom. The fraction of sp³-hybridized carbons (Fsp3) is 0.611. The maximum Gasteiger partial charge on any atom is 0.335 e. The van der Waals surface area contributed by atoms with E-state index in [9.17, 15) is 9.59 Å². The molecule has 0 unspecified atom stereocenters.